The number of ketones is 2. The molecule has 19 heavy (non-hydrogen) atoms. The molecular formula is C14H19NO4. The largest absolute Gasteiger partial charge is 0.465 e. The van der Waals surface area contributed by atoms with Gasteiger partial charge in [0.25, 0.3) is 0 Å². The van der Waals surface area contributed by atoms with Crippen LogP contribution in [-0.4, -0.2) is 29.1 Å². The van der Waals surface area contributed by atoms with E-state index in [0.29, 0.717) is 5.56 Å². The average Bonchev–Trinajstić information content (AvgIpc) is 2.87. The van der Waals surface area contributed by atoms with Crippen LogP contribution >= 0.6 is 0 Å². The minimum absolute atomic E-state index is 0.146. The number of carbonyl (C=O) groups excluding carboxylic acids is 3. The number of aromatic nitrogens is 1. The first-order valence-corrected chi connectivity index (χ1v) is 6.35. The van der Waals surface area contributed by atoms with E-state index < -0.39 is 17.8 Å². The van der Waals surface area contributed by atoms with Crippen molar-refractivity contribution in [2.45, 2.75) is 33.1 Å². The zero-order chi connectivity index (χ0) is 14.4. The molecule has 5 nitrogen and oxygen atoms in total. The summed E-state index contributed by atoms with van der Waals surface area (Å²) < 4.78 is 4.92. The second-order valence-corrected chi connectivity index (χ2v) is 4.28. The summed E-state index contributed by atoms with van der Waals surface area (Å²) in [5, 5.41) is 0. The van der Waals surface area contributed by atoms with E-state index in [-0.39, 0.29) is 24.6 Å². The van der Waals surface area contributed by atoms with Gasteiger partial charge < -0.3 is 9.72 Å². The van der Waals surface area contributed by atoms with E-state index in [9.17, 15) is 14.4 Å². The fourth-order valence-corrected chi connectivity index (χ4v) is 2.08. The highest BCUT2D eigenvalue weighted by molar-refractivity contribution is 6.04. The predicted octanol–water partition coefficient (Wildman–Crippen LogP) is 1.85. The Balaban J connectivity index is 3.15. The van der Waals surface area contributed by atoms with Crippen molar-refractivity contribution in [3.8, 4) is 0 Å². The SMILES string of the molecule is CCOC(=O)C(C(C)=O)C(C(=O)CC)c1cc[nH]c1. The van der Waals surface area contributed by atoms with Crippen LogP contribution in [0.3, 0.4) is 0 Å². The van der Waals surface area contributed by atoms with E-state index in [0.717, 1.165) is 0 Å². The Morgan fingerprint density at radius 3 is 2.42 bits per heavy atom. The minimum Gasteiger partial charge on any atom is -0.465 e. The molecule has 0 radical (unpaired) electrons. The molecule has 1 N–H and O–H groups in total. The lowest BCUT2D eigenvalue weighted by molar-refractivity contribution is -0.154. The monoisotopic (exact) mass is 265 g/mol. The van der Waals surface area contributed by atoms with Crippen LogP contribution in [0.15, 0.2) is 18.5 Å². The molecule has 0 saturated carbocycles. The van der Waals surface area contributed by atoms with Gasteiger partial charge in [0.2, 0.25) is 0 Å². The van der Waals surface area contributed by atoms with Gasteiger partial charge in [-0.15, -0.1) is 0 Å². The third kappa shape index (κ3) is 3.53. The molecule has 2 unspecified atom stereocenters. The molecule has 0 saturated heterocycles. The van der Waals surface area contributed by atoms with Crippen molar-refractivity contribution in [3.05, 3.63) is 24.0 Å². The third-order valence-corrected chi connectivity index (χ3v) is 2.99. The molecular weight excluding hydrogens is 246 g/mol. The smallest absolute Gasteiger partial charge is 0.317 e. The molecule has 0 aromatic carbocycles. The molecule has 0 aliphatic rings. The van der Waals surface area contributed by atoms with Gasteiger partial charge in [-0.2, -0.15) is 0 Å². The molecule has 1 aromatic rings. The maximum absolute atomic E-state index is 12.1. The lowest BCUT2D eigenvalue weighted by Crippen LogP contribution is -2.34. The molecule has 0 spiro atoms. The zero-order valence-electron chi connectivity index (χ0n) is 11.4. The van der Waals surface area contributed by atoms with E-state index in [1.807, 2.05) is 0 Å². The number of Topliss-reactive ketones (excluding diaryl/α,β-unsaturated/α-hetero) is 2. The summed E-state index contributed by atoms with van der Waals surface area (Å²) in [4.78, 5) is 38.6. The van der Waals surface area contributed by atoms with Crippen LogP contribution in [0.5, 0.6) is 0 Å². The lowest BCUT2D eigenvalue weighted by Gasteiger charge is -2.21. The van der Waals surface area contributed by atoms with Gasteiger partial charge in [0.05, 0.1) is 12.5 Å². The van der Waals surface area contributed by atoms with Crippen molar-refractivity contribution < 1.29 is 19.1 Å². The van der Waals surface area contributed by atoms with Crippen LogP contribution in [0.25, 0.3) is 0 Å². The Labute approximate surface area is 112 Å². The van der Waals surface area contributed by atoms with Crippen LogP contribution in [0.4, 0.5) is 0 Å². The summed E-state index contributed by atoms with van der Waals surface area (Å²) in [6, 6.07) is 1.70. The van der Waals surface area contributed by atoms with Crippen molar-refractivity contribution >= 4 is 17.5 Å². The Hall–Kier alpha value is -1.91. The molecule has 0 bridgehead atoms. The van der Waals surface area contributed by atoms with Gasteiger partial charge in [-0.05, 0) is 25.5 Å². The lowest BCUT2D eigenvalue weighted by atomic mass is 9.81. The Morgan fingerprint density at radius 1 is 1.32 bits per heavy atom. The highest BCUT2D eigenvalue weighted by atomic mass is 16.5. The number of H-pyrrole nitrogens is 1. The van der Waals surface area contributed by atoms with Gasteiger partial charge in [-0.1, -0.05) is 6.92 Å². The molecule has 2 atom stereocenters. The Kier molecular flexibility index (Phi) is 5.48. The van der Waals surface area contributed by atoms with Gasteiger partial charge in [0.1, 0.15) is 17.5 Å². The number of rotatable bonds is 7. The molecule has 1 rings (SSSR count). The van der Waals surface area contributed by atoms with E-state index in [1.54, 1.807) is 32.3 Å². The number of hydrogen-bond acceptors (Lipinski definition) is 4. The summed E-state index contributed by atoms with van der Waals surface area (Å²) in [6.45, 7) is 4.87. The predicted molar refractivity (Wildman–Crippen MR) is 69.6 cm³/mol. The number of ether oxygens (including phenoxy) is 1. The van der Waals surface area contributed by atoms with Crippen LogP contribution in [-0.2, 0) is 19.1 Å². The fourth-order valence-electron chi connectivity index (χ4n) is 2.08. The summed E-state index contributed by atoms with van der Waals surface area (Å²) in [6.07, 6.45) is 3.56. The van der Waals surface area contributed by atoms with E-state index in [4.69, 9.17) is 4.74 Å². The van der Waals surface area contributed by atoms with Gasteiger partial charge >= 0.3 is 5.97 Å². The molecule has 1 heterocycles. The van der Waals surface area contributed by atoms with Crippen molar-refractivity contribution in [1.82, 2.24) is 4.98 Å². The van der Waals surface area contributed by atoms with Gasteiger partial charge in [-0.25, -0.2) is 0 Å². The van der Waals surface area contributed by atoms with E-state index in [1.165, 1.54) is 6.92 Å². The average molecular weight is 265 g/mol. The number of nitrogens with one attached hydrogen (secondary N) is 1. The number of hydrogen-bond donors (Lipinski definition) is 1. The maximum Gasteiger partial charge on any atom is 0.317 e. The minimum atomic E-state index is -1.07. The summed E-state index contributed by atoms with van der Waals surface area (Å²) >= 11 is 0. The number of carbonyl (C=O) groups is 3. The summed E-state index contributed by atoms with van der Waals surface area (Å²) in [5.41, 5.74) is 0.639. The van der Waals surface area contributed by atoms with Crippen LogP contribution in [0.2, 0.25) is 0 Å². The first-order valence-electron chi connectivity index (χ1n) is 6.35. The van der Waals surface area contributed by atoms with E-state index >= 15 is 0 Å². The Morgan fingerprint density at radius 2 is 2.00 bits per heavy atom. The first-order chi connectivity index (χ1) is 9.02. The number of esters is 1. The normalized spacial score (nSPS) is 13.6. The van der Waals surface area contributed by atoms with Gasteiger partial charge in [0, 0.05) is 18.8 Å². The number of aromatic amines is 1. The van der Waals surface area contributed by atoms with Crippen molar-refractivity contribution in [1.29, 1.82) is 0 Å². The quantitative estimate of drug-likeness (QED) is 0.603. The molecule has 0 aliphatic heterocycles. The topological polar surface area (TPSA) is 76.2 Å². The fraction of sp³-hybridized carbons (Fsp3) is 0.500. The molecule has 104 valence electrons. The Bertz CT molecular complexity index is 450. The maximum atomic E-state index is 12.1. The second-order valence-electron chi connectivity index (χ2n) is 4.28. The summed E-state index contributed by atoms with van der Waals surface area (Å²) in [5.74, 6) is -2.97. The molecule has 5 heteroatoms. The second kappa shape index (κ2) is 6.87. The molecule has 0 fully saturated rings. The third-order valence-electron chi connectivity index (χ3n) is 2.99. The van der Waals surface area contributed by atoms with E-state index in [2.05, 4.69) is 4.98 Å². The van der Waals surface area contributed by atoms with Gasteiger partial charge in [-0.3, -0.25) is 14.4 Å². The molecule has 0 amide bonds. The molecule has 0 aliphatic carbocycles. The standard InChI is InChI=1S/C14H19NO4/c1-4-11(17)13(10-6-7-15-8-10)12(9(3)16)14(18)19-5-2/h6-8,12-13,15H,4-5H2,1-3H3. The van der Waals surface area contributed by atoms with Crippen molar-refractivity contribution in [2.75, 3.05) is 6.61 Å². The van der Waals surface area contributed by atoms with Crippen LogP contribution < -0.4 is 0 Å². The highest BCUT2D eigenvalue weighted by Crippen LogP contribution is 2.28. The molecule has 1 aromatic heterocycles. The first kappa shape index (κ1) is 15.1. The highest BCUT2D eigenvalue weighted by Gasteiger charge is 2.38. The van der Waals surface area contributed by atoms with Crippen molar-refractivity contribution in [3.63, 3.8) is 0 Å². The summed E-state index contributed by atoms with van der Waals surface area (Å²) in [7, 11) is 0. The van der Waals surface area contributed by atoms with Crippen LogP contribution in [0, 0.1) is 5.92 Å². The zero-order valence-corrected chi connectivity index (χ0v) is 11.4. The van der Waals surface area contributed by atoms with Crippen LogP contribution in [0.1, 0.15) is 38.7 Å². The van der Waals surface area contributed by atoms with Gasteiger partial charge in [0.15, 0.2) is 0 Å². The van der Waals surface area contributed by atoms with Crippen molar-refractivity contribution in [2.24, 2.45) is 5.92 Å².